The second-order valence-electron chi connectivity index (χ2n) is 7.55. The molecule has 0 amide bonds. The Morgan fingerprint density at radius 1 is 0.639 bits per heavy atom. The molecule has 0 aliphatic carbocycles. The fourth-order valence-corrected chi connectivity index (χ4v) is 3.61. The van der Waals surface area contributed by atoms with Crippen LogP contribution in [0, 0.1) is 5.92 Å². The van der Waals surface area contributed by atoms with E-state index in [0.717, 1.165) is 13.8 Å². The highest BCUT2D eigenvalue weighted by Crippen LogP contribution is 2.64. The average molecular weight is 594 g/mol. The zero-order chi connectivity index (χ0) is 29.6. The van der Waals surface area contributed by atoms with Crippen molar-refractivity contribution in [2.75, 3.05) is 5.75 Å². The molecule has 2 unspecified atom stereocenters. The van der Waals surface area contributed by atoms with E-state index in [4.69, 9.17) is 5.11 Å². The van der Waals surface area contributed by atoms with Crippen molar-refractivity contribution in [3.63, 3.8) is 0 Å². The Hall–Kier alpha value is -1.37. The van der Waals surface area contributed by atoms with Gasteiger partial charge in [-0.1, -0.05) is 13.8 Å². The Kier molecular flexibility index (Phi) is 9.69. The van der Waals surface area contributed by atoms with E-state index >= 15 is 0 Å². The van der Waals surface area contributed by atoms with Gasteiger partial charge in [0, 0.05) is 11.7 Å². The molecule has 0 heterocycles. The zero-order valence-corrected chi connectivity index (χ0v) is 18.3. The molecule has 0 spiro atoms. The minimum atomic E-state index is -8.64. The van der Waals surface area contributed by atoms with Crippen molar-refractivity contribution in [2.45, 2.75) is 79.6 Å². The maximum atomic E-state index is 13.7. The van der Waals surface area contributed by atoms with Crippen LogP contribution >= 0.6 is 11.8 Å². The molecule has 1 N–H and O–H groups in total. The van der Waals surface area contributed by atoms with Crippen LogP contribution < -0.4 is 0 Å². The zero-order valence-electron chi connectivity index (χ0n) is 17.5. The van der Waals surface area contributed by atoms with Crippen LogP contribution in [0.25, 0.3) is 0 Å². The molecular weight excluding hydrogens is 579 g/mol. The van der Waals surface area contributed by atoms with Crippen molar-refractivity contribution in [3.05, 3.63) is 0 Å². The molecule has 0 saturated carbocycles. The van der Waals surface area contributed by atoms with Crippen LogP contribution in [0.3, 0.4) is 0 Å². The largest absolute Gasteiger partial charge is 0.481 e. The second kappa shape index (κ2) is 10.1. The van der Waals surface area contributed by atoms with Gasteiger partial charge in [0.1, 0.15) is 0 Å². The Labute approximate surface area is 194 Å². The van der Waals surface area contributed by atoms with Crippen LogP contribution in [0.1, 0.15) is 26.7 Å². The molecule has 36 heavy (non-hydrogen) atoms. The van der Waals surface area contributed by atoms with Gasteiger partial charge < -0.3 is 5.11 Å². The number of hydrogen-bond donors (Lipinski definition) is 1. The fraction of sp³-hybridized carbons (Fsp3) is 0.938. The highest BCUT2D eigenvalue weighted by atomic mass is 32.2. The first-order chi connectivity index (χ1) is 15.5. The van der Waals surface area contributed by atoms with E-state index in [9.17, 15) is 79.4 Å². The molecule has 0 saturated heterocycles. The number of aliphatic carboxylic acids is 1. The number of carboxylic acid groups (broad SMARTS) is 1. The topological polar surface area (TPSA) is 37.3 Å². The van der Waals surface area contributed by atoms with Gasteiger partial charge in [0.15, 0.2) is 0 Å². The minimum absolute atomic E-state index is 0.198. The summed E-state index contributed by atoms with van der Waals surface area (Å²) in [5.74, 6) is -60.2. The third kappa shape index (κ3) is 5.56. The minimum Gasteiger partial charge on any atom is -0.481 e. The molecule has 0 fully saturated rings. The van der Waals surface area contributed by atoms with Gasteiger partial charge in [-0.25, -0.2) is 0 Å². The van der Waals surface area contributed by atoms with Crippen molar-refractivity contribution in [1.82, 2.24) is 0 Å². The third-order valence-electron chi connectivity index (χ3n) is 4.71. The summed E-state index contributed by atoms with van der Waals surface area (Å²) in [5.41, 5.74) is 0. The second-order valence-corrected chi connectivity index (χ2v) is 9.10. The lowest BCUT2D eigenvalue weighted by atomic mass is 9.88. The van der Waals surface area contributed by atoms with Gasteiger partial charge in [-0.2, -0.15) is 86.4 Å². The molecule has 0 aromatic heterocycles. The fourth-order valence-electron chi connectivity index (χ4n) is 2.41. The molecule has 20 heteroatoms. The number of carbonyl (C=O) groups is 1. The van der Waals surface area contributed by atoms with Crippen LogP contribution in [0.5, 0.6) is 0 Å². The molecule has 2 atom stereocenters. The van der Waals surface area contributed by atoms with E-state index in [0.29, 0.717) is 0 Å². The molecule has 0 rings (SSSR count). The predicted molar refractivity (Wildman–Crippen MR) is 88.6 cm³/mol. The van der Waals surface area contributed by atoms with Crippen molar-refractivity contribution in [3.8, 4) is 0 Å². The number of hydrogen-bond acceptors (Lipinski definition) is 2. The summed E-state index contributed by atoms with van der Waals surface area (Å²) in [5, 5.41) is 7.71. The van der Waals surface area contributed by atoms with Gasteiger partial charge in [0.05, 0.1) is 5.92 Å². The average Bonchev–Trinajstić information content (AvgIpc) is 2.65. The Balaban J connectivity index is 6.10. The maximum Gasteiger partial charge on any atom is 0.460 e. The number of rotatable bonds is 13. The quantitative estimate of drug-likeness (QED) is 0.223. The normalized spacial score (nSPS) is 17.2. The molecule has 0 aromatic carbocycles. The van der Waals surface area contributed by atoms with Gasteiger partial charge in [-0.3, -0.25) is 4.79 Å². The van der Waals surface area contributed by atoms with Crippen LogP contribution in [-0.4, -0.2) is 69.7 Å². The summed E-state index contributed by atoms with van der Waals surface area (Å²) >= 11 is 0.198. The van der Waals surface area contributed by atoms with E-state index in [-0.39, 0.29) is 18.2 Å². The van der Waals surface area contributed by atoms with E-state index in [1.54, 1.807) is 0 Å². The van der Waals surface area contributed by atoms with Gasteiger partial charge in [0.2, 0.25) is 0 Å². The number of carboxylic acids is 1. The molecule has 216 valence electrons. The lowest BCUT2D eigenvalue weighted by molar-refractivity contribution is -0.461. The van der Waals surface area contributed by atoms with Crippen molar-refractivity contribution in [1.29, 1.82) is 0 Å². The first kappa shape index (κ1) is 34.6. The van der Waals surface area contributed by atoms with Crippen LogP contribution in [0.4, 0.5) is 74.6 Å². The summed E-state index contributed by atoms with van der Waals surface area (Å²) in [6.45, 7) is 2.25. The molecular formula is C16H15F17O2S. The van der Waals surface area contributed by atoms with Gasteiger partial charge in [-0.15, -0.1) is 0 Å². The number of alkyl halides is 17. The standard InChI is InChI=1S/C16H15F17O2S/c1-6(8(34)35)5-7(2)36-4-3-9(17,18)10(19,20)11(21,22)12(23,24)13(25,26)14(27,28)15(29,30)16(31,32)33/h6-7H,3-5H2,1-2H3,(H,34,35). The maximum absolute atomic E-state index is 13.7. The molecule has 0 aliphatic rings. The van der Waals surface area contributed by atoms with Gasteiger partial charge in [-0.05, 0) is 12.2 Å². The van der Waals surface area contributed by atoms with Crippen molar-refractivity contribution in [2.24, 2.45) is 5.92 Å². The van der Waals surface area contributed by atoms with Crippen LogP contribution in [0.2, 0.25) is 0 Å². The molecule has 2 nitrogen and oxygen atoms in total. The van der Waals surface area contributed by atoms with Gasteiger partial charge in [0.25, 0.3) is 0 Å². The summed E-state index contributed by atoms with van der Waals surface area (Å²) in [4.78, 5) is 10.7. The predicted octanol–water partition coefficient (Wildman–Crippen LogP) is 7.62. The molecule has 0 radical (unpaired) electrons. The SMILES string of the molecule is CC(CC(C)C(=O)O)SCCC(F)(F)C(F)(F)C(F)(F)C(F)(F)C(F)(F)C(F)(F)C(F)(F)C(F)(F)F. The Morgan fingerprint density at radius 3 is 1.31 bits per heavy atom. The third-order valence-corrected chi connectivity index (χ3v) is 5.91. The highest BCUT2D eigenvalue weighted by molar-refractivity contribution is 7.99. The lowest BCUT2D eigenvalue weighted by Crippen LogP contribution is -2.74. The van der Waals surface area contributed by atoms with Crippen molar-refractivity contribution >= 4 is 17.7 Å². The van der Waals surface area contributed by atoms with E-state index < -0.39 is 76.9 Å². The first-order valence-corrected chi connectivity index (χ1v) is 10.1. The summed E-state index contributed by atoms with van der Waals surface area (Å²) in [6, 6.07) is 0. The Bertz CT molecular complexity index is 777. The molecule has 0 aromatic rings. The molecule has 0 bridgehead atoms. The van der Waals surface area contributed by atoms with Crippen molar-refractivity contribution < 1.29 is 84.5 Å². The molecule has 0 aliphatic heterocycles. The van der Waals surface area contributed by atoms with Crippen LogP contribution in [-0.2, 0) is 4.79 Å². The highest BCUT2D eigenvalue weighted by Gasteiger charge is 2.95. The summed E-state index contributed by atoms with van der Waals surface area (Å²) in [7, 11) is 0. The number of thioether (sulfide) groups is 1. The first-order valence-electron chi connectivity index (χ1n) is 9.03. The number of halogens is 17. The monoisotopic (exact) mass is 594 g/mol. The van der Waals surface area contributed by atoms with E-state index in [2.05, 4.69) is 0 Å². The van der Waals surface area contributed by atoms with Crippen LogP contribution in [0.15, 0.2) is 0 Å². The van der Waals surface area contributed by atoms with Gasteiger partial charge >= 0.3 is 53.6 Å². The summed E-state index contributed by atoms with van der Waals surface area (Å²) < 4.78 is 224. The smallest absolute Gasteiger partial charge is 0.460 e. The Morgan fingerprint density at radius 2 is 0.972 bits per heavy atom. The van der Waals surface area contributed by atoms with E-state index in [1.165, 1.54) is 0 Å². The summed E-state index contributed by atoms with van der Waals surface area (Å²) in [6.07, 6.45) is -10.6. The lowest BCUT2D eigenvalue weighted by Gasteiger charge is -2.42. The van der Waals surface area contributed by atoms with E-state index in [1.807, 2.05) is 0 Å².